The van der Waals surface area contributed by atoms with Gasteiger partial charge in [-0.1, -0.05) is 47.7 Å². The molecule has 152 valence electrons. The fourth-order valence-electron chi connectivity index (χ4n) is 3.07. The SMILES string of the molecule is O=C(Cn1cnc2c(nnn2Cc2ccc(F)cc2)c1=O)NCCc1ccccc1. The lowest BCUT2D eigenvalue weighted by Gasteiger charge is -2.07. The molecule has 0 spiro atoms. The first kappa shape index (κ1) is 19.4. The number of halogens is 1. The van der Waals surface area contributed by atoms with Gasteiger partial charge in [-0.25, -0.2) is 14.1 Å². The lowest BCUT2D eigenvalue weighted by atomic mass is 10.1. The Morgan fingerprint density at radius 2 is 1.80 bits per heavy atom. The van der Waals surface area contributed by atoms with Crippen LogP contribution in [-0.4, -0.2) is 37.0 Å². The van der Waals surface area contributed by atoms with Crippen LogP contribution in [0.1, 0.15) is 11.1 Å². The Hall–Kier alpha value is -3.88. The first-order valence-corrected chi connectivity index (χ1v) is 9.44. The normalized spacial score (nSPS) is 11.0. The van der Waals surface area contributed by atoms with Gasteiger partial charge in [0, 0.05) is 6.54 Å². The highest BCUT2D eigenvalue weighted by Crippen LogP contribution is 2.08. The molecule has 30 heavy (non-hydrogen) atoms. The van der Waals surface area contributed by atoms with Gasteiger partial charge in [0.05, 0.1) is 6.54 Å². The van der Waals surface area contributed by atoms with Crippen molar-refractivity contribution in [1.82, 2.24) is 29.9 Å². The first-order chi connectivity index (χ1) is 14.6. The van der Waals surface area contributed by atoms with E-state index in [-0.39, 0.29) is 23.8 Å². The number of carbonyl (C=O) groups excluding carboxylic acids is 1. The molecule has 1 N–H and O–H groups in total. The Kier molecular flexibility index (Phi) is 5.60. The van der Waals surface area contributed by atoms with Crippen LogP contribution in [-0.2, 0) is 24.3 Å². The summed E-state index contributed by atoms with van der Waals surface area (Å²) in [6, 6.07) is 15.8. The second kappa shape index (κ2) is 8.64. The Morgan fingerprint density at radius 3 is 2.57 bits per heavy atom. The molecule has 1 amide bonds. The Bertz CT molecular complexity index is 1220. The lowest BCUT2D eigenvalue weighted by Crippen LogP contribution is -2.33. The van der Waals surface area contributed by atoms with Gasteiger partial charge in [0.15, 0.2) is 11.2 Å². The van der Waals surface area contributed by atoms with Gasteiger partial charge in [0.2, 0.25) is 5.91 Å². The third-order valence-corrected chi connectivity index (χ3v) is 4.63. The predicted molar refractivity (Wildman–Crippen MR) is 108 cm³/mol. The van der Waals surface area contributed by atoms with E-state index in [1.54, 1.807) is 12.1 Å². The van der Waals surface area contributed by atoms with Gasteiger partial charge in [-0.15, -0.1) is 5.10 Å². The predicted octanol–water partition coefficient (Wildman–Crippen LogP) is 1.53. The van der Waals surface area contributed by atoms with E-state index < -0.39 is 5.56 Å². The molecule has 4 aromatic rings. The largest absolute Gasteiger partial charge is 0.354 e. The molecule has 0 aliphatic carbocycles. The molecule has 8 nitrogen and oxygen atoms in total. The van der Waals surface area contributed by atoms with Crippen LogP contribution in [0.2, 0.25) is 0 Å². The summed E-state index contributed by atoms with van der Waals surface area (Å²) in [7, 11) is 0. The zero-order chi connectivity index (χ0) is 20.9. The molecule has 4 rings (SSSR count). The zero-order valence-electron chi connectivity index (χ0n) is 16.0. The van der Waals surface area contributed by atoms with E-state index in [4.69, 9.17) is 0 Å². The number of nitrogens with zero attached hydrogens (tertiary/aromatic N) is 5. The van der Waals surface area contributed by atoms with E-state index in [0.29, 0.717) is 25.2 Å². The van der Waals surface area contributed by atoms with E-state index in [1.807, 2.05) is 30.3 Å². The van der Waals surface area contributed by atoms with Crippen LogP contribution < -0.4 is 10.9 Å². The van der Waals surface area contributed by atoms with Crippen molar-refractivity contribution in [2.24, 2.45) is 0 Å². The van der Waals surface area contributed by atoms with Crippen molar-refractivity contribution in [3.05, 3.63) is 88.2 Å². The number of benzene rings is 2. The molecule has 0 unspecified atom stereocenters. The highest BCUT2D eigenvalue weighted by Gasteiger charge is 2.14. The molecule has 9 heteroatoms. The third-order valence-electron chi connectivity index (χ3n) is 4.63. The van der Waals surface area contributed by atoms with Gasteiger partial charge in [-0.05, 0) is 29.7 Å². The standard InChI is InChI=1S/C21H19FN6O2/c22-17-8-6-16(7-9-17)12-28-20-19(25-26-28)21(30)27(14-24-20)13-18(29)23-11-10-15-4-2-1-3-5-15/h1-9,14H,10-13H2,(H,23,29). The summed E-state index contributed by atoms with van der Waals surface area (Å²) >= 11 is 0. The second-order valence-electron chi connectivity index (χ2n) is 6.81. The fourth-order valence-corrected chi connectivity index (χ4v) is 3.07. The molecule has 2 aromatic heterocycles. The Morgan fingerprint density at radius 1 is 1.03 bits per heavy atom. The molecule has 0 saturated carbocycles. The number of aromatic nitrogens is 5. The quantitative estimate of drug-likeness (QED) is 0.502. The molecule has 2 heterocycles. The first-order valence-electron chi connectivity index (χ1n) is 9.44. The summed E-state index contributed by atoms with van der Waals surface area (Å²) < 4.78 is 15.7. The molecule has 0 aliphatic rings. The average molecular weight is 406 g/mol. The molecule has 0 fully saturated rings. The third kappa shape index (κ3) is 4.40. The lowest BCUT2D eigenvalue weighted by molar-refractivity contribution is -0.121. The van der Waals surface area contributed by atoms with Crippen LogP contribution in [0.15, 0.2) is 65.7 Å². The van der Waals surface area contributed by atoms with E-state index >= 15 is 0 Å². The smallest absolute Gasteiger partial charge is 0.283 e. The van der Waals surface area contributed by atoms with Gasteiger partial charge in [-0.3, -0.25) is 14.2 Å². The molecule has 0 aliphatic heterocycles. The van der Waals surface area contributed by atoms with Gasteiger partial charge < -0.3 is 5.32 Å². The fraction of sp³-hybridized carbons (Fsp3) is 0.190. The van der Waals surface area contributed by atoms with Gasteiger partial charge >= 0.3 is 0 Å². The maximum absolute atomic E-state index is 13.1. The maximum Gasteiger partial charge on any atom is 0.283 e. The van der Waals surface area contributed by atoms with Gasteiger partial charge in [-0.2, -0.15) is 0 Å². The Labute approximate surface area is 171 Å². The number of carbonyl (C=O) groups is 1. The number of amides is 1. The topological polar surface area (TPSA) is 94.7 Å². The minimum atomic E-state index is -0.441. The van der Waals surface area contributed by atoms with Crippen LogP contribution >= 0.6 is 0 Å². The van der Waals surface area contributed by atoms with E-state index in [0.717, 1.165) is 11.1 Å². The number of rotatable bonds is 7. The van der Waals surface area contributed by atoms with Crippen LogP contribution in [0.3, 0.4) is 0 Å². The van der Waals surface area contributed by atoms with Gasteiger partial charge in [0.1, 0.15) is 18.7 Å². The van der Waals surface area contributed by atoms with Crippen molar-refractivity contribution in [2.75, 3.05) is 6.54 Å². The summed E-state index contributed by atoms with van der Waals surface area (Å²) in [6.07, 6.45) is 2.02. The average Bonchev–Trinajstić information content (AvgIpc) is 3.16. The maximum atomic E-state index is 13.1. The molecular formula is C21H19FN6O2. The van der Waals surface area contributed by atoms with Gasteiger partial charge in [0.25, 0.3) is 5.56 Å². The van der Waals surface area contributed by atoms with Crippen molar-refractivity contribution in [2.45, 2.75) is 19.5 Å². The molecule has 0 saturated heterocycles. The summed E-state index contributed by atoms with van der Waals surface area (Å²) in [6.45, 7) is 0.621. The van der Waals surface area contributed by atoms with E-state index in [2.05, 4.69) is 20.6 Å². The number of hydrogen-bond donors (Lipinski definition) is 1. The van der Waals surface area contributed by atoms with E-state index in [9.17, 15) is 14.0 Å². The molecular weight excluding hydrogens is 387 g/mol. The monoisotopic (exact) mass is 406 g/mol. The summed E-state index contributed by atoms with van der Waals surface area (Å²) in [5.41, 5.74) is 1.87. The number of nitrogens with one attached hydrogen (secondary N) is 1. The number of fused-ring (bicyclic) bond motifs is 1. The molecule has 0 radical (unpaired) electrons. The summed E-state index contributed by atoms with van der Waals surface area (Å²) in [5, 5.41) is 10.7. The molecule has 0 atom stereocenters. The van der Waals surface area contributed by atoms with Crippen molar-refractivity contribution < 1.29 is 9.18 Å². The molecule has 0 bridgehead atoms. The highest BCUT2D eigenvalue weighted by atomic mass is 19.1. The number of hydrogen-bond acceptors (Lipinski definition) is 5. The van der Waals surface area contributed by atoms with Crippen LogP contribution in [0.4, 0.5) is 4.39 Å². The minimum Gasteiger partial charge on any atom is -0.354 e. The van der Waals surface area contributed by atoms with Crippen LogP contribution in [0.25, 0.3) is 11.2 Å². The van der Waals surface area contributed by atoms with Crippen LogP contribution in [0.5, 0.6) is 0 Å². The van der Waals surface area contributed by atoms with Crippen molar-refractivity contribution in [1.29, 1.82) is 0 Å². The summed E-state index contributed by atoms with van der Waals surface area (Å²) in [4.78, 5) is 29.1. The highest BCUT2D eigenvalue weighted by molar-refractivity contribution is 5.76. The Balaban J connectivity index is 1.42. The zero-order valence-corrected chi connectivity index (χ0v) is 16.0. The van der Waals surface area contributed by atoms with Crippen molar-refractivity contribution in [3.8, 4) is 0 Å². The minimum absolute atomic E-state index is 0.0803. The van der Waals surface area contributed by atoms with Crippen molar-refractivity contribution >= 4 is 17.1 Å². The second-order valence-corrected chi connectivity index (χ2v) is 6.81. The molecule has 2 aromatic carbocycles. The van der Waals surface area contributed by atoms with Crippen molar-refractivity contribution in [3.63, 3.8) is 0 Å². The van der Waals surface area contributed by atoms with E-state index in [1.165, 1.54) is 27.7 Å². The van der Waals surface area contributed by atoms with Crippen LogP contribution in [0, 0.1) is 5.82 Å². The summed E-state index contributed by atoms with van der Waals surface area (Å²) in [5.74, 6) is -0.613.